The second-order valence-corrected chi connectivity index (χ2v) is 4.65. The van der Waals surface area contributed by atoms with Crippen molar-refractivity contribution in [2.45, 2.75) is 26.2 Å². The van der Waals surface area contributed by atoms with Crippen molar-refractivity contribution in [1.82, 2.24) is 15.5 Å². The van der Waals surface area contributed by atoms with Crippen molar-refractivity contribution in [3.05, 3.63) is 17.8 Å². The molecule has 1 heterocycles. The number of nitrogens with zero attached hydrogens (tertiary/aromatic N) is 3. The fourth-order valence-corrected chi connectivity index (χ4v) is 1.67. The lowest BCUT2D eigenvalue weighted by atomic mass is 10.3. The van der Waals surface area contributed by atoms with Crippen LogP contribution in [0.1, 0.15) is 36.7 Å². The minimum Gasteiger partial charge on any atom is -0.385 e. The third-order valence-corrected chi connectivity index (χ3v) is 2.93. The number of rotatable bonds is 9. The summed E-state index contributed by atoms with van der Waals surface area (Å²) in [5.41, 5.74) is 0.343. The molecule has 0 aliphatic rings. The first-order valence-corrected chi connectivity index (χ1v) is 7.01. The number of hydrogen-bond donors (Lipinski definition) is 1. The lowest BCUT2D eigenvalue weighted by Crippen LogP contribution is -2.27. The van der Waals surface area contributed by atoms with Crippen molar-refractivity contribution in [2.24, 2.45) is 0 Å². The Kier molecular flexibility index (Phi) is 7.57. The van der Waals surface area contributed by atoms with Crippen LogP contribution in [-0.4, -0.2) is 50.0 Å². The Morgan fingerprint density at radius 2 is 2.15 bits per heavy atom. The smallest absolute Gasteiger partial charge is 0.271 e. The summed E-state index contributed by atoms with van der Waals surface area (Å²) in [5.74, 6) is 0.589. The number of amides is 1. The van der Waals surface area contributed by atoms with Crippen molar-refractivity contribution >= 4 is 11.7 Å². The third-order valence-electron chi connectivity index (χ3n) is 2.93. The summed E-state index contributed by atoms with van der Waals surface area (Å²) in [4.78, 5) is 13.8. The average molecular weight is 280 g/mol. The number of carbonyl (C=O) groups is 1. The van der Waals surface area contributed by atoms with Gasteiger partial charge in [0.25, 0.3) is 5.91 Å². The van der Waals surface area contributed by atoms with Gasteiger partial charge in [0.05, 0.1) is 0 Å². The highest BCUT2D eigenvalue weighted by molar-refractivity contribution is 5.92. The van der Waals surface area contributed by atoms with Gasteiger partial charge in [0.15, 0.2) is 11.5 Å². The predicted octanol–water partition coefficient (Wildman–Crippen LogP) is 1.48. The first kappa shape index (κ1) is 16.4. The van der Waals surface area contributed by atoms with E-state index < -0.39 is 0 Å². The molecule has 1 N–H and O–H groups in total. The molecule has 0 atom stereocenters. The van der Waals surface area contributed by atoms with E-state index in [-0.39, 0.29) is 5.91 Å². The number of unbranched alkanes of at least 4 members (excludes halogenated alkanes) is 1. The Bertz CT molecular complexity index is 395. The fraction of sp³-hybridized carbons (Fsp3) is 0.643. The molecular formula is C14H24N4O2. The van der Waals surface area contributed by atoms with Gasteiger partial charge < -0.3 is 15.0 Å². The Balaban J connectivity index is 2.46. The van der Waals surface area contributed by atoms with Gasteiger partial charge in [0.2, 0.25) is 0 Å². The Morgan fingerprint density at radius 1 is 1.35 bits per heavy atom. The Hall–Kier alpha value is -1.69. The molecule has 0 unspecified atom stereocenters. The van der Waals surface area contributed by atoms with E-state index in [2.05, 4.69) is 22.4 Å². The summed E-state index contributed by atoms with van der Waals surface area (Å²) in [6.07, 6.45) is 3.03. The van der Waals surface area contributed by atoms with Crippen LogP contribution in [0.5, 0.6) is 0 Å². The van der Waals surface area contributed by atoms with Gasteiger partial charge in [-0.15, -0.1) is 10.2 Å². The summed E-state index contributed by atoms with van der Waals surface area (Å²) in [5, 5.41) is 10.8. The van der Waals surface area contributed by atoms with Crippen molar-refractivity contribution in [3.63, 3.8) is 0 Å². The van der Waals surface area contributed by atoms with Crippen LogP contribution < -0.4 is 10.2 Å². The summed E-state index contributed by atoms with van der Waals surface area (Å²) in [6, 6.07) is 3.53. The SMILES string of the molecule is CCCCN(C)c1ccc(C(=O)NCCCOC)nn1. The molecule has 112 valence electrons. The van der Waals surface area contributed by atoms with Crippen LogP contribution >= 0.6 is 0 Å². The van der Waals surface area contributed by atoms with E-state index in [0.717, 1.165) is 31.6 Å². The lowest BCUT2D eigenvalue weighted by molar-refractivity contribution is 0.0942. The average Bonchev–Trinajstić information content (AvgIpc) is 2.49. The molecule has 0 fully saturated rings. The van der Waals surface area contributed by atoms with Crippen LogP contribution in [0.2, 0.25) is 0 Å². The number of carbonyl (C=O) groups excluding carboxylic acids is 1. The van der Waals surface area contributed by atoms with Crippen LogP contribution in [-0.2, 0) is 4.74 Å². The maximum absolute atomic E-state index is 11.8. The van der Waals surface area contributed by atoms with E-state index >= 15 is 0 Å². The molecule has 0 aliphatic heterocycles. The van der Waals surface area contributed by atoms with Crippen LogP contribution in [0.15, 0.2) is 12.1 Å². The van der Waals surface area contributed by atoms with E-state index in [4.69, 9.17) is 4.74 Å². The topological polar surface area (TPSA) is 67.4 Å². The van der Waals surface area contributed by atoms with Gasteiger partial charge in [-0.05, 0) is 25.0 Å². The molecule has 6 nitrogen and oxygen atoms in total. The highest BCUT2D eigenvalue weighted by atomic mass is 16.5. The second-order valence-electron chi connectivity index (χ2n) is 4.65. The number of nitrogens with one attached hydrogen (secondary N) is 1. The highest BCUT2D eigenvalue weighted by Crippen LogP contribution is 2.08. The molecule has 0 saturated carbocycles. The molecule has 0 saturated heterocycles. The molecule has 20 heavy (non-hydrogen) atoms. The molecule has 1 amide bonds. The standard InChI is InChI=1S/C14H24N4O2/c1-4-5-10-18(2)13-8-7-12(16-17-13)14(19)15-9-6-11-20-3/h7-8H,4-6,9-11H2,1-3H3,(H,15,19). The largest absolute Gasteiger partial charge is 0.385 e. The van der Waals surface area contributed by atoms with Gasteiger partial charge in [-0.1, -0.05) is 13.3 Å². The normalized spacial score (nSPS) is 10.3. The van der Waals surface area contributed by atoms with Gasteiger partial charge in [-0.25, -0.2) is 0 Å². The van der Waals surface area contributed by atoms with Crippen molar-refractivity contribution in [2.75, 3.05) is 38.8 Å². The van der Waals surface area contributed by atoms with Gasteiger partial charge in [-0.3, -0.25) is 4.79 Å². The number of methoxy groups -OCH3 is 1. The van der Waals surface area contributed by atoms with Crippen molar-refractivity contribution < 1.29 is 9.53 Å². The monoisotopic (exact) mass is 280 g/mol. The maximum Gasteiger partial charge on any atom is 0.271 e. The molecule has 0 spiro atoms. The third kappa shape index (κ3) is 5.52. The van der Waals surface area contributed by atoms with E-state index in [1.807, 2.05) is 18.0 Å². The number of anilines is 1. The van der Waals surface area contributed by atoms with Crippen molar-refractivity contribution in [3.8, 4) is 0 Å². The van der Waals surface area contributed by atoms with E-state index in [1.165, 1.54) is 0 Å². The molecule has 0 bridgehead atoms. The zero-order valence-electron chi connectivity index (χ0n) is 12.6. The maximum atomic E-state index is 11.8. The first-order chi connectivity index (χ1) is 9.69. The van der Waals surface area contributed by atoms with E-state index in [1.54, 1.807) is 13.2 Å². The molecule has 0 radical (unpaired) electrons. The molecule has 1 aromatic rings. The molecule has 0 aromatic carbocycles. The summed E-state index contributed by atoms with van der Waals surface area (Å²) in [7, 11) is 3.62. The predicted molar refractivity (Wildman–Crippen MR) is 79.0 cm³/mol. The van der Waals surface area contributed by atoms with Crippen LogP contribution in [0.4, 0.5) is 5.82 Å². The quantitative estimate of drug-likeness (QED) is 0.694. The molecule has 1 rings (SSSR count). The highest BCUT2D eigenvalue weighted by Gasteiger charge is 2.09. The zero-order valence-corrected chi connectivity index (χ0v) is 12.6. The molecular weight excluding hydrogens is 256 g/mol. The van der Waals surface area contributed by atoms with Crippen LogP contribution in [0.25, 0.3) is 0 Å². The van der Waals surface area contributed by atoms with Gasteiger partial charge in [0.1, 0.15) is 0 Å². The van der Waals surface area contributed by atoms with Crippen LogP contribution in [0, 0.1) is 0 Å². The minimum atomic E-state index is -0.198. The zero-order chi connectivity index (χ0) is 14.8. The Morgan fingerprint density at radius 3 is 2.75 bits per heavy atom. The van der Waals surface area contributed by atoms with Gasteiger partial charge in [-0.2, -0.15) is 0 Å². The number of aromatic nitrogens is 2. The van der Waals surface area contributed by atoms with Gasteiger partial charge >= 0.3 is 0 Å². The molecule has 6 heteroatoms. The summed E-state index contributed by atoms with van der Waals surface area (Å²) >= 11 is 0. The van der Waals surface area contributed by atoms with E-state index in [9.17, 15) is 4.79 Å². The fourth-order valence-electron chi connectivity index (χ4n) is 1.67. The molecule has 0 aliphatic carbocycles. The number of ether oxygens (including phenoxy) is 1. The van der Waals surface area contributed by atoms with Gasteiger partial charge in [0, 0.05) is 33.9 Å². The minimum absolute atomic E-state index is 0.198. The summed E-state index contributed by atoms with van der Waals surface area (Å²) in [6.45, 7) is 4.30. The number of hydrogen-bond acceptors (Lipinski definition) is 5. The second kappa shape index (κ2) is 9.25. The lowest BCUT2D eigenvalue weighted by Gasteiger charge is -2.16. The van der Waals surface area contributed by atoms with Crippen LogP contribution in [0.3, 0.4) is 0 Å². The summed E-state index contributed by atoms with van der Waals surface area (Å²) < 4.78 is 4.92. The van der Waals surface area contributed by atoms with E-state index in [0.29, 0.717) is 18.8 Å². The van der Waals surface area contributed by atoms with Crippen molar-refractivity contribution in [1.29, 1.82) is 0 Å². The molecule has 1 aromatic heterocycles. The Labute approximate surface area is 120 Å². The first-order valence-electron chi connectivity index (χ1n) is 7.01.